The van der Waals surface area contributed by atoms with E-state index in [0.29, 0.717) is 6.37 Å². The lowest BCUT2D eigenvalue weighted by atomic mass is 10.3. The van der Waals surface area contributed by atoms with Crippen molar-refractivity contribution in [2.24, 2.45) is 0 Å². The first-order chi connectivity index (χ1) is 5.63. The predicted molar refractivity (Wildman–Crippen MR) is 68.5 cm³/mol. The summed E-state index contributed by atoms with van der Waals surface area (Å²) in [6.07, 6.45) is 0.654. The van der Waals surface area contributed by atoms with Gasteiger partial charge in [0.15, 0.2) is 0 Å². The molecule has 4 heteroatoms. The van der Waals surface area contributed by atoms with Gasteiger partial charge >= 0.3 is 0 Å². The molecule has 0 aromatic rings. The smallest absolute Gasteiger partial charge is 0.0602 e. The Hall–Kier alpha value is 0.400. The molecule has 0 bridgehead atoms. The van der Waals surface area contributed by atoms with Gasteiger partial charge < -0.3 is 0 Å². The van der Waals surface area contributed by atoms with E-state index in [0.717, 1.165) is 11.3 Å². The van der Waals surface area contributed by atoms with Crippen molar-refractivity contribution in [3.8, 4) is 0 Å². The highest BCUT2D eigenvalue weighted by Crippen LogP contribution is 2.29. The second-order valence-corrected chi connectivity index (χ2v) is 3.93. The molecule has 72 valence electrons. The summed E-state index contributed by atoms with van der Waals surface area (Å²) in [5, 5.41) is 0. The van der Waals surface area contributed by atoms with Gasteiger partial charge in [-0.2, -0.15) is 0 Å². The maximum absolute atomic E-state index is 3.86. The molecule has 0 saturated carbocycles. The van der Waals surface area contributed by atoms with Crippen LogP contribution in [0.15, 0.2) is 24.4 Å². The van der Waals surface area contributed by atoms with Crippen LogP contribution < -0.4 is 5.43 Å². The van der Waals surface area contributed by atoms with Gasteiger partial charge in [0.05, 0.1) is 12.1 Å². The summed E-state index contributed by atoms with van der Waals surface area (Å²) in [6, 6.07) is 0. The van der Waals surface area contributed by atoms with Crippen LogP contribution in [0.2, 0.25) is 0 Å². The van der Waals surface area contributed by atoms with Gasteiger partial charge in [-0.25, -0.2) is 5.43 Å². The Kier molecular flexibility index (Phi) is 11.8. The van der Waals surface area contributed by atoms with Crippen molar-refractivity contribution in [2.45, 2.75) is 20.8 Å². The van der Waals surface area contributed by atoms with Crippen molar-refractivity contribution in [2.75, 3.05) is 7.05 Å². The zero-order chi connectivity index (χ0) is 10.1. The van der Waals surface area contributed by atoms with Crippen molar-refractivity contribution < 1.29 is 0 Å². The molecule has 1 unspecified atom stereocenters. The van der Waals surface area contributed by atoms with Gasteiger partial charge in [0.2, 0.25) is 0 Å². The van der Waals surface area contributed by atoms with E-state index in [1.54, 1.807) is 0 Å². The lowest BCUT2D eigenvalue weighted by Crippen LogP contribution is -2.25. The highest BCUT2D eigenvalue weighted by molar-refractivity contribution is 14.2. The first kappa shape index (κ1) is 14.9. The van der Waals surface area contributed by atoms with Gasteiger partial charge in [0.1, 0.15) is 0 Å². The van der Waals surface area contributed by atoms with E-state index in [4.69, 9.17) is 0 Å². The molecule has 0 amide bonds. The van der Waals surface area contributed by atoms with E-state index < -0.39 is 0 Å². The fourth-order valence-corrected chi connectivity index (χ4v) is 2.39. The number of hydrazine groups is 1. The van der Waals surface area contributed by atoms with Crippen molar-refractivity contribution in [3.63, 3.8) is 0 Å². The van der Waals surface area contributed by atoms with Crippen LogP contribution in [-0.4, -0.2) is 11.8 Å². The Labute approximate surface area is 90.8 Å². The molecule has 0 aliphatic carbocycles. The van der Waals surface area contributed by atoms with Crippen molar-refractivity contribution in [3.05, 3.63) is 24.4 Å². The largest absolute Gasteiger partial charge is 0.281 e. The van der Waals surface area contributed by atoms with Crippen LogP contribution in [0.3, 0.4) is 0 Å². The maximum atomic E-state index is 3.86. The first-order valence-corrected chi connectivity index (χ1v) is 7.88. The van der Waals surface area contributed by atoms with Gasteiger partial charge in [-0.1, -0.05) is 27.0 Å². The summed E-state index contributed by atoms with van der Waals surface area (Å²) in [5.41, 5.74) is 4.96. The third-order valence-corrected chi connectivity index (χ3v) is 3.18. The second kappa shape index (κ2) is 9.49. The van der Waals surface area contributed by atoms with Crippen LogP contribution in [0.4, 0.5) is 0 Å². The zero-order valence-corrected chi connectivity index (χ0v) is 11.4. The molecular weight excluding hydrogens is 282 g/mol. The molecule has 1 atom stereocenters. The number of halogens is 1. The first-order valence-electron chi connectivity index (χ1n) is 3.82. The van der Waals surface area contributed by atoms with E-state index >= 15 is 0 Å². The van der Waals surface area contributed by atoms with Gasteiger partial charge in [0.25, 0.3) is 0 Å². The minimum Gasteiger partial charge on any atom is -0.281 e. The second-order valence-electron chi connectivity index (χ2n) is 1.87. The third-order valence-electron chi connectivity index (χ3n) is 1.07. The van der Waals surface area contributed by atoms with Gasteiger partial charge in [-0.3, -0.25) is 4.78 Å². The molecule has 0 fully saturated rings. The Balaban J connectivity index is 0. The molecule has 0 radical (unpaired) electrons. The lowest BCUT2D eigenvalue weighted by Gasteiger charge is -2.22. The van der Waals surface area contributed by atoms with Gasteiger partial charge in [-0.05, 0) is 34.5 Å². The fourth-order valence-electron chi connectivity index (χ4n) is 0.419. The third kappa shape index (κ3) is 5.98. The summed E-state index contributed by atoms with van der Waals surface area (Å²) in [5.74, 6) is 0. The molecule has 0 spiro atoms. The number of nitrogens with zero attached hydrogens (tertiary/aromatic N) is 1. The van der Waals surface area contributed by atoms with E-state index in [9.17, 15) is 0 Å². The van der Waals surface area contributed by atoms with Crippen LogP contribution in [0.1, 0.15) is 20.8 Å². The van der Waals surface area contributed by atoms with E-state index in [2.05, 4.69) is 40.6 Å². The number of nitrogens with one attached hydrogen (secondary N) is 1. The predicted octanol–water partition coefficient (Wildman–Crippen LogP) is 3.48. The van der Waals surface area contributed by atoms with E-state index in [1.165, 1.54) is 0 Å². The zero-order valence-electron chi connectivity index (χ0n) is 8.24. The highest BCUT2D eigenvalue weighted by Gasteiger charge is 2.02. The van der Waals surface area contributed by atoms with Gasteiger partial charge in [-0.15, -0.1) is 0 Å². The quantitative estimate of drug-likeness (QED) is 0.370. The Morgan fingerprint density at radius 2 is 1.83 bits per heavy atom. The number of hydrogen-bond donors (Lipinski definition) is 1. The Morgan fingerprint density at radius 3 is 1.92 bits per heavy atom. The Bertz CT molecular complexity index is 144. The molecule has 12 heavy (non-hydrogen) atoms. The van der Waals surface area contributed by atoms with Crippen molar-refractivity contribution in [1.29, 1.82) is 0 Å². The molecule has 0 aromatic carbocycles. The minimum atomic E-state index is 0.654. The Morgan fingerprint density at radius 1 is 1.42 bits per heavy atom. The molecule has 0 aliphatic rings. The standard InChI is InChI=1S/C6H12IN2P.C2H6/c1-5(2)6(3)9(8-4)10-7;1-2/h8,10H,1,3H2,2,4H3;1-2H3. The monoisotopic (exact) mass is 300 g/mol. The molecule has 1 N–H and O–H groups in total. The highest BCUT2D eigenvalue weighted by atomic mass is 127. The average molecular weight is 300 g/mol. The number of rotatable bonds is 4. The SMILES string of the molecule is C=C(C)C(=C)N(NC)PI.CC. The van der Waals surface area contributed by atoms with Crippen molar-refractivity contribution >= 4 is 28.4 Å². The minimum absolute atomic E-state index is 0.654. The summed E-state index contributed by atoms with van der Waals surface area (Å²) in [7, 11) is 1.87. The average Bonchev–Trinajstić information content (AvgIpc) is 2.10. The molecule has 0 aliphatic heterocycles. The van der Waals surface area contributed by atoms with E-state index in [-0.39, 0.29) is 0 Å². The maximum Gasteiger partial charge on any atom is 0.0602 e. The van der Waals surface area contributed by atoms with Crippen LogP contribution in [0.25, 0.3) is 0 Å². The molecule has 0 heterocycles. The number of allylic oxidation sites excluding steroid dienone is 1. The normalized spacial score (nSPS) is 9.08. The van der Waals surface area contributed by atoms with Gasteiger partial charge in [0, 0.05) is 7.05 Å². The van der Waals surface area contributed by atoms with E-state index in [1.807, 2.05) is 32.6 Å². The summed E-state index contributed by atoms with van der Waals surface area (Å²) in [4.78, 5) is 0. The summed E-state index contributed by atoms with van der Waals surface area (Å²) < 4.78 is 1.96. The van der Waals surface area contributed by atoms with Crippen molar-refractivity contribution in [1.82, 2.24) is 10.2 Å². The molecule has 0 aromatic heterocycles. The summed E-state index contributed by atoms with van der Waals surface area (Å²) in [6.45, 7) is 13.6. The summed E-state index contributed by atoms with van der Waals surface area (Å²) >= 11 is 2.29. The van der Waals surface area contributed by atoms with Crippen LogP contribution in [0, 0.1) is 0 Å². The fraction of sp³-hybridized carbons (Fsp3) is 0.500. The molecule has 0 rings (SSSR count). The topological polar surface area (TPSA) is 15.3 Å². The van der Waals surface area contributed by atoms with Crippen LogP contribution in [0.5, 0.6) is 0 Å². The van der Waals surface area contributed by atoms with Crippen LogP contribution in [-0.2, 0) is 0 Å². The molecule has 2 nitrogen and oxygen atoms in total. The number of hydrogen-bond acceptors (Lipinski definition) is 2. The molecular formula is C8H18IN2P. The lowest BCUT2D eigenvalue weighted by molar-refractivity contribution is 0.478. The van der Waals surface area contributed by atoms with Crippen LogP contribution >= 0.6 is 28.4 Å². The molecule has 0 saturated heterocycles.